The number of carboxylic acids is 1. The number of aliphatic imine (C=N–C) groups is 1. The SMILES string of the molecule is O=C=NC(CCC=O)C(=O)O. The molecule has 0 rings (SSSR count). The molecule has 0 aliphatic carbocycles. The molecule has 0 saturated heterocycles. The van der Waals surface area contributed by atoms with E-state index in [0.29, 0.717) is 6.29 Å². The molecule has 1 unspecified atom stereocenters. The molecule has 0 saturated carbocycles. The van der Waals surface area contributed by atoms with E-state index in [-0.39, 0.29) is 12.8 Å². The molecule has 11 heavy (non-hydrogen) atoms. The Labute approximate surface area is 62.7 Å². The highest BCUT2D eigenvalue weighted by Crippen LogP contribution is 1.99. The zero-order valence-corrected chi connectivity index (χ0v) is 5.69. The second-order valence-electron chi connectivity index (χ2n) is 1.82. The third-order valence-electron chi connectivity index (χ3n) is 1.05. The predicted octanol–water partition coefficient (Wildman–Crippen LogP) is -0.245. The van der Waals surface area contributed by atoms with Gasteiger partial charge in [0.25, 0.3) is 0 Å². The molecule has 5 nitrogen and oxygen atoms in total. The lowest BCUT2D eigenvalue weighted by molar-refractivity contribution is -0.138. The lowest BCUT2D eigenvalue weighted by Gasteiger charge is -1.99. The minimum Gasteiger partial charge on any atom is -0.480 e. The molecule has 0 aliphatic rings. The molecule has 0 radical (unpaired) electrons. The van der Waals surface area contributed by atoms with Crippen LogP contribution in [-0.2, 0) is 14.4 Å². The summed E-state index contributed by atoms with van der Waals surface area (Å²) in [5, 5.41) is 8.34. The van der Waals surface area contributed by atoms with E-state index in [1.165, 1.54) is 0 Å². The normalized spacial score (nSPS) is 11.3. The highest BCUT2D eigenvalue weighted by molar-refractivity contribution is 5.75. The lowest BCUT2D eigenvalue weighted by Crippen LogP contribution is -2.17. The number of carbonyl (C=O) groups is 2. The molecule has 60 valence electrons. The molecule has 0 spiro atoms. The van der Waals surface area contributed by atoms with Crippen molar-refractivity contribution in [2.45, 2.75) is 18.9 Å². The maximum Gasteiger partial charge on any atom is 0.329 e. The highest BCUT2D eigenvalue weighted by atomic mass is 16.4. The van der Waals surface area contributed by atoms with Gasteiger partial charge in [-0.05, 0) is 6.42 Å². The van der Waals surface area contributed by atoms with Crippen LogP contribution >= 0.6 is 0 Å². The number of aldehydes is 1. The van der Waals surface area contributed by atoms with Crippen molar-refractivity contribution in [3.63, 3.8) is 0 Å². The Kier molecular flexibility index (Phi) is 4.60. The number of carbonyl (C=O) groups excluding carboxylic acids is 2. The number of nitrogens with zero attached hydrogens (tertiary/aromatic N) is 1. The molecule has 0 fully saturated rings. The average molecular weight is 157 g/mol. The smallest absolute Gasteiger partial charge is 0.329 e. The fraction of sp³-hybridized carbons (Fsp3) is 0.500. The van der Waals surface area contributed by atoms with Crippen LogP contribution in [0.15, 0.2) is 4.99 Å². The molecule has 1 N–H and O–H groups in total. The predicted molar refractivity (Wildman–Crippen MR) is 34.8 cm³/mol. The van der Waals surface area contributed by atoms with Crippen molar-refractivity contribution >= 4 is 18.3 Å². The van der Waals surface area contributed by atoms with E-state index in [1.54, 1.807) is 0 Å². The Hall–Kier alpha value is -1.48. The van der Waals surface area contributed by atoms with Crippen LogP contribution in [0.25, 0.3) is 0 Å². The standard InChI is InChI=1S/C6H7NO4/c8-3-1-2-5(6(10)11)7-4-9/h3,5H,1-2H2,(H,10,11). The molecular weight excluding hydrogens is 150 g/mol. The molecule has 0 aromatic carbocycles. The van der Waals surface area contributed by atoms with Crippen LogP contribution in [0.2, 0.25) is 0 Å². The monoisotopic (exact) mass is 157 g/mol. The third-order valence-corrected chi connectivity index (χ3v) is 1.05. The Balaban J connectivity index is 3.99. The fourth-order valence-electron chi connectivity index (χ4n) is 0.533. The summed E-state index contributed by atoms with van der Waals surface area (Å²) in [6, 6.07) is -1.13. The van der Waals surface area contributed by atoms with E-state index in [4.69, 9.17) is 5.11 Å². The molecule has 5 heteroatoms. The van der Waals surface area contributed by atoms with Gasteiger partial charge >= 0.3 is 5.97 Å². The molecule has 0 aromatic heterocycles. The second kappa shape index (κ2) is 5.32. The summed E-state index contributed by atoms with van der Waals surface area (Å²) in [4.78, 5) is 32.6. The van der Waals surface area contributed by atoms with Gasteiger partial charge < -0.3 is 9.90 Å². The van der Waals surface area contributed by atoms with E-state index in [0.717, 1.165) is 6.08 Å². The van der Waals surface area contributed by atoms with Crippen molar-refractivity contribution in [1.29, 1.82) is 0 Å². The van der Waals surface area contributed by atoms with Gasteiger partial charge in [0.05, 0.1) is 0 Å². The summed E-state index contributed by atoms with van der Waals surface area (Å²) >= 11 is 0. The fourth-order valence-corrected chi connectivity index (χ4v) is 0.533. The van der Waals surface area contributed by atoms with Crippen molar-refractivity contribution in [1.82, 2.24) is 0 Å². The number of hydrogen-bond acceptors (Lipinski definition) is 4. The van der Waals surface area contributed by atoms with Crippen LogP contribution in [0.1, 0.15) is 12.8 Å². The largest absolute Gasteiger partial charge is 0.480 e. The summed E-state index contributed by atoms with van der Waals surface area (Å²) in [7, 11) is 0. The topological polar surface area (TPSA) is 83.8 Å². The van der Waals surface area contributed by atoms with Crippen LogP contribution in [0.3, 0.4) is 0 Å². The van der Waals surface area contributed by atoms with Crippen molar-refractivity contribution in [3.8, 4) is 0 Å². The lowest BCUT2D eigenvalue weighted by atomic mass is 10.2. The first kappa shape index (κ1) is 9.52. The van der Waals surface area contributed by atoms with Gasteiger partial charge in [-0.1, -0.05) is 0 Å². The van der Waals surface area contributed by atoms with E-state index in [1.807, 2.05) is 0 Å². The maximum absolute atomic E-state index is 10.2. The minimum atomic E-state index is -1.21. The summed E-state index contributed by atoms with van der Waals surface area (Å²) in [5.74, 6) is -1.21. The third kappa shape index (κ3) is 4.00. The van der Waals surface area contributed by atoms with Gasteiger partial charge in [0.2, 0.25) is 6.08 Å². The van der Waals surface area contributed by atoms with Crippen LogP contribution < -0.4 is 0 Å². The average Bonchev–Trinajstić information content (AvgIpc) is 1.97. The zero-order chi connectivity index (χ0) is 8.69. The van der Waals surface area contributed by atoms with E-state index >= 15 is 0 Å². The highest BCUT2D eigenvalue weighted by Gasteiger charge is 2.14. The molecular formula is C6H7NO4. The number of isocyanates is 1. The van der Waals surface area contributed by atoms with Crippen LogP contribution in [0.5, 0.6) is 0 Å². The molecule has 0 amide bonds. The quantitative estimate of drug-likeness (QED) is 0.339. The van der Waals surface area contributed by atoms with Crippen molar-refractivity contribution in [2.24, 2.45) is 4.99 Å². The number of aliphatic carboxylic acids is 1. The Morgan fingerprint density at radius 3 is 2.73 bits per heavy atom. The first-order valence-corrected chi connectivity index (χ1v) is 2.95. The van der Waals surface area contributed by atoms with E-state index < -0.39 is 12.0 Å². The van der Waals surface area contributed by atoms with Crippen LogP contribution in [-0.4, -0.2) is 29.5 Å². The molecule has 0 aliphatic heterocycles. The van der Waals surface area contributed by atoms with Gasteiger partial charge in [0.15, 0.2) is 6.04 Å². The van der Waals surface area contributed by atoms with E-state index in [9.17, 15) is 14.4 Å². The van der Waals surface area contributed by atoms with E-state index in [2.05, 4.69) is 4.99 Å². The number of carboxylic acid groups (broad SMARTS) is 1. The van der Waals surface area contributed by atoms with Gasteiger partial charge in [-0.15, -0.1) is 0 Å². The first-order chi connectivity index (χ1) is 5.22. The molecule has 0 bridgehead atoms. The van der Waals surface area contributed by atoms with Gasteiger partial charge in [-0.25, -0.2) is 9.59 Å². The van der Waals surface area contributed by atoms with Crippen molar-refractivity contribution < 1.29 is 19.5 Å². The Morgan fingerprint density at radius 1 is 1.73 bits per heavy atom. The molecule has 0 aromatic rings. The van der Waals surface area contributed by atoms with Crippen molar-refractivity contribution in [2.75, 3.05) is 0 Å². The Morgan fingerprint density at radius 2 is 2.36 bits per heavy atom. The maximum atomic E-state index is 10.2. The molecule has 0 heterocycles. The van der Waals surface area contributed by atoms with Gasteiger partial charge in [-0.3, -0.25) is 0 Å². The Bertz CT molecular complexity index is 193. The van der Waals surface area contributed by atoms with Gasteiger partial charge in [0, 0.05) is 6.42 Å². The van der Waals surface area contributed by atoms with Crippen LogP contribution in [0.4, 0.5) is 0 Å². The summed E-state index contributed by atoms with van der Waals surface area (Å²) in [6.45, 7) is 0. The summed E-state index contributed by atoms with van der Waals surface area (Å²) in [5.41, 5.74) is 0. The van der Waals surface area contributed by atoms with Gasteiger partial charge in [-0.2, -0.15) is 4.99 Å². The number of hydrogen-bond donors (Lipinski definition) is 1. The molecule has 1 atom stereocenters. The first-order valence-electron chi connectivity index (χ1n) is 2.95. The van der Waals surface area contributed by atoms with Gasteiger partial charge in [0.1, 0.15) is 6.29 Å². The van der Waals surface area contributed by atoms with Crippen molar-refractivity contribution in [3.05, 3.63) is 0 Å². The minimum absolute atomic E-state index is 0.0497. The summed E-state index contributed by atoms with van der Waals surface area (Å²) in [6.07, 6.45) is 1.85. The van der Waals surface area contributed by atoms with Crippen LogP contribution in [0, 0.1) is 0 Å². The second-order valence-corrected chi connectivity index (χ2v) is 1.82. The zero-order valence-electron chi connectivity index (χ0n) is 5.69. The number of rotatable bonds is 5. The summed E-state index contributed by atoms with van der Waals surface area (Å²) < 4.78 is 0.